The van der Waals surface area contributed by atoms with E-state index in [0.29, 0.717) is 11.7 Å². The quantitative estimate of drug-likeness (QED) is 0.898. The number of carbonyl (C=O) groups is 1. The molecule has 0 saturated carbocycles. The number of aromatic nitrogens is 1. The molecule has 1 aromatic heterocycles. The Bertz CT molecular complexity index is 738. The first-order valence-corrected chi connectivity index (χ1v) is 9.79. The molecule has 25 heavy (non-hydrogen) atoms. The van der Waals surface area contributed by atoms with Gasteiger partial charge in [-0.1, -0.05) is 37.3 Å². The number of nitrogens with zero attached hydrogens (tertiary/aromatic N) is 2. The minimum atomic E-state index is -0.385. The van der Waals surface area contributed by atoms with Crippen LogP contribution >= 0.6 is 11.3 Å². The number of fused-ring (bicyclic) bond motifs is 3. The lowest BCUT2D eigenvalue weighted by Crippen LogP contribution is -2.52. The summed E-state index contributed by atoms with van der Waals surface area (Å²) in [5, 5.41) is 3.90. The predicted octanol–water partition coefficient (Wildman–Crippen LogP) is 4.02. The number of hydrogen-bond donors (Lipinski definition) is 1. The molecular weight excluding hydrogens is 334 g/mol. The Morgan fingerprint density at radius 3 is 2.72 bits per heavy atom. The van der Waals surface area contributed by atoms with Crippen molar-refractivity contribution in [3.63, 3.8) is 0 Å². The van der Waals surface area contributed by atoms with Crippen LogP contribution in [0.3, 0.4) is 0 Å². The van der Waals surface area contributed by atoms with E-state index in [0.717, 1.165) is 54.3 Å². The summed E-state index contributed by atoms with van der Waals surface area (Å²) in [5.41, 5.74) is 1.07. The average molecular weight is 357 g/mol. The molecule has 1 amide bonds. The first-order valence-electron chi connectivity index (χ1n) is 8.98. The van der Waals surface area contributed by atoms with E-state index < -0.39 is 0 Å². The van der Waals surface area contributed by atoms with E-state index in [1.807, 2.05) is 30.3 Å². The summed E-state index contributed by atoms with van der Waals surface area (Å²) in [4.78, 5) is 20.4. The SMILES string of the molecule is CCc1nc(NC(=O)O[C@H]2CN3CCC2CC3)c(-c2ccccc2)s1. The van der Waals surface area contributed by atoms with Gasteiger partial charge in [-0.15, -0.1) is 11.3 Å². The highest BCUT2D eigenvalue weighted by atomic mass is 32.1. The fourth-order valence-corrected chi connectivity index (χ4v) is 4.66. The zero-order chi connectivity index (χ0) is 17.2. The van der Waals surface area contributed by atoms with Crippen LogP contribution in [0.25, 0.3) is 10.4 Å². The second-order valence-electron chi connectivity index (χ2n) is 6.71. The van der Waals surface area contributed by atoms with Crippen LogP contribution in [0, 0.1) is 5.92 Å². The van der Waals surface area contributed by atoms with Crippen molar-refractivity contribution in [2.45, 2.75) is 32.3 Å². The maximum atomic E-state index is 12.5. The summed E-state index contributed by atoms with van der Waals surface area (Å²) in [6.45, 7) is 5.20. The van der Waals surface area contributed by atoms with E-state index in [4.69, 9.17) is 4.74 Å². The monoisotopic (exact) mass is 357 g/mol. The number of hydrogen-bond acceptors (Lipinski definition) is 5. The number of piperidine rings is 3. The molecule has 0 spiro atoms. The van der Waals surface area contributed by atoms with Gasteiger partial charge in [-0.3, -0.25) is 10.2 Å². The molecule has 3 aliphatic rings. The lowest BCUT2D eigenvalue weighted by atomic mass is 9.86. The Morgan fingerprint density at radius 1 is 1.32 bits per heavy atom. The van der Waals surface area contributed by atoms with Crippen LogP contribution in [0.2, 0.25) is 0 Å². The molecule has 1 aromatic carbocycles. The molecule has 3 fully saturated rings. The summed E-state index contributed by atoms with van der Waals surface area (Å²) < 4.78 is 5.74. The molecule has 5 rings (SSSR count). The molecule has 0 aliphatic carbocycles. The zero-order valence-corrected chi connectivity index (χ0v) is 15.2. The maximum Gasteiger partial charge on any atom is 0.413 e. The van der Waals surface area contributed by atoms with Crippen molar-refractivity contribution >= 4 is 23.2 Å². The van der Waals surface area contributed by atoms with E-state index in [-0.39, 0.29) is 12.2 Å². The minimum Gasteiger partial charge on any atom is -0.444 e. The molecule has 3 aliphatic heterocycles. The van der Waals surface area contributed by atoms with Gasteiger partial charge in [0.25, 0.3) is 0 Å². The van der Waals surface area contributed by atoms with Crippen LogP contribution in [0.5, 0.6) is 0 Å². The van der Waals surface area contributed by atoms with Crippen molar-refractivity contribution in [1.82, 2.24) is 9.88 Å². The molecule has 4 heterocycles. The number of amides is 1. The summed E-state index contributed by atoms with van der Waals surface area (Å²) >= 11 is 1.62. The summed E-state index contributed by atoms with van der Waals surface area (Å²) in [6.07, 6.45) is 2.73. The highest BCUT2D eigenvalue weighted by molar-refractivity contribution is 7.15. The molecule has 0 radical (unpaired) electrons. The van der Waals surface area contributed by atoms with Gasteiger partial charge >= 0.3 is 6.09 Å². The third kappa shape index (κ3) is 3.55. The van der Waals surface area contributed by atoms with Crippen molar-refractivity contribution in [1.29, 1.82) is 0 Å². The molecule has 2 aromatic rings. The van der Waals surface area contributed by atoms with E-state index in [2.05, 4.69) is 22.1 Å². The van der Waals surface area contributed by atoms with Crippen molar-refractivity contribution in [3.8, 4) is 10.4 Å². The molecule has 2 bridgehead atoms. The predicted molar refractivity (Wildman–Crippen MR) is 100.0 cm³/mol. The number of rotatable bonds is 4. The number of carbonyl (C=O) groups excluding carboxylic acids is 1. The summed E-state index contributed by atoms with van der Waals surface area (Å²) in [7, 11) is 0. The molecule has 1 atom stereocenters. The number of anilines is 1. The van der Waals surface area contributed by atoms with Gasteiger partial charge in [0.05, 0.1) is 9.88 Å². The van der Waals surface area contributed by atoms with Gasteiger partial charge in [0, 0.05) is 6.54 Å². The van der Waals surface area contributed by atoms with Crippen LogP contribution in [0.1, 0.15) is 24.8 Å². The lowest BCUT2D eigenvalue weighted by molar-refractivity contribution is -0.0290. The first kappa shape index (κ1) is 16.5. The highest BCUT2D eigenvalue weighted by Crippen LogP contribution is 2.35. The summed E-state index contributed by atoms with van der Waals surface area (Å²) in [6, 6.07) is 10.1. The fourth-order valence-electron chi connectivity index (χ4n) is 3.69. The van der Waals surface area contributed by atoms with Crippen LogP contribution in [0.15, 0.2) is 30.3 Å². The normalized spacial score (nSPS) is 24.9. The Hall–Kier alpha value is -1.92. The smallest absolute Gasteiger partial charge is 0.413 e. The number of nitrogens with one attached hydrogen (secondary N) is 1. The molecular formula is C19H23N3O2S. The Morgan fingerprint density at radius 2 is 2.08 bits per heavy atom. The van der Waals surface area contributed by atoms with Crippen LogP contribution in [-0.2, 0) is 11.2 Å². The second-order valence-corrected chi connectivity index (χ2v) is 7.80. The standard InChI is InChI=1S/C19H23N3O2S/c1-2-16-20-18(17(25-16)14-6-4-3-5-7-14)21-19(23)24-15-12-22-10-8-13(15)9-11-22/h3-7,13,15H,2,8-12H2,1H3,(H,21,23)/t15-/m0/s1. The van der Waals surface area contributed by atoms with Gasteiger partial charge in [-0.05, 0) is 43.8 Å². The molecule has 0 unspecified atom stereocenters. The number of aryl methyl sites for hydroxylation is 1. The molecule has 1 N–H and O–H groups in total. The van der Waals surface area contributed by atoms with Gasteiger partial charge in [-0.2, -0.15) is 0 Å². The van der Waals surface area contributed by atoms with Gasteiger partial charge in [0.2, 0.25) is 0 Å². The zero-order valence-electron chi connectivity index (χ0n) is 14.4. The lowest BCUT2D eigenvalue weighted by Gasteiger charge is -2.43. The molecule has 6 heteroatoms. The van der Waals surface area contributed by atoms with Crippen molar-refractivity contribution in [2.24, 2.45) is 5.92 Å². The number of thiazole rings is 1. The molecule has 5 nitrogen and oxygen atoms in total. The van der Waals surface area contributed by atoms with Gasteiger partial charge in [0.1, 0.15) is 6.10 Å². The molecule has 132 valence electrons. The third-order valence-electron chi connectivity index (χ3n) is 5.08. The van der Waals surface area contributed by atoms with Crippen molar-refractivity contribution in [3.05, 3.63) is 35.3 Å². The average Bonchev–Trinajstić information content (AvgIpc) is 3.06. The Labute approximate surface area is 152 Å². The van der Waals surface area contributed by atoms with Crippen LogP contribution in [0.4, 0.5) is 10.6 Å². The summed E-state index contributed by atoms with van der Waals surface area (Å²) in [5.74, 6) is 1.12. The highest BCUT2D eigenvalue weighted by Gasteiger charge is 2.36. The molecule has 3 saturated heterocycles. The Kier molecular flexibility index (Phi) is 4.72. The fraction of sp³-hybridized carbons (Fsp3) is 0.474. The largest absolute Gasteiger partial charge is 0.444 e. The number of ether oxygens (including phenoxy) is 1. The van der Waals surface area contributed by atoms with Crippen molar-refractivity contribution in [2.75, 3.05) is 25.0 Å². The van der Waals surface area contributed by atoms with E-state index in [1.54, 1.807) is 11.3 Å². The van der Waals surface area contributed by atoms with Crippen molar-refractivity contribution < 1.29 is 9.53 Å². The second kappa shape index (κ2) is 7.14. The van der Waals surface area contributed by atoms with Gasteiger partial charge in [0.15, 0.2) is 5.82 Å². The third-order valence-corrected chi connectivity index (χ3v) is 6.33. The maximum absolute atomic E-state index is 12.5. The van der Waals surface area contributed by atoms with E-state index >= 15 is 0 Å². The van der Waals surface area contributed by atoms with E-state index in [1.165, 1.54) is 0 Å². The van der Waals surface area contributed by atoms with Gasteiger partial charge in [-0.25, -0.2) is 9.78 Å². The first-order chi connectivity index (χ1) is 12.2. The number of benzene rings is 1. The van der Waals surface area contributed by atoms with Crippen LogP contribution < -0.4 is 5.32 Å². The Balaban J connectivity index is 1.48. The van der Waals surface area contributed by atoms with Gasteiger partial charge < -0.3 is 4.74 Å². The minimum absolute atomic E-state index is 0.00644. The topological polar surface area (TPSA) is 54.5 Å². The van der Waals surface area contributed by atoms with E-state index in [9.17, 15) is 4.79 Å². The van der Waals surface area contributed by atoms with Crippen LogP contribution in [-0.4, -0.2) is 41.7 Å².